The summed E-state index contributed by atoms with van der Waals surface area (Å²) in [7, 11) is -2.54. The monoisotopic (exact) mass is 364 g/mol. The molecule has 0 bridgehead atoms. The normalized spacial score (nSPS) is 11.4. The molecule has 0 aliphatic rings. The van der Waals surface area contributed by atoms with Crippen LogP contribution in [-0.4, -0.2) is 26.5 Å². The van der Waals surface area contributed by atoms with Gasteiger partial charge in [0, 0.05) is 5.69 Å². The van der Waals surface area contributed by atoms with Crippen molar-refractivity contribution in [2.45, 2.75) is 4.90 Å². The van der Waals surface area contributed by atoms with Crippen LogP contribution < -0.4 is 9.60 Å². The lowest BCUT2D eigenvalue weighted by Crippen LogP contribution is -2.13. The minimum absolute atomic E-state index is 0.0438. The Balaban J connectivity index is 1.89. The van der Waals surface area contributed by atoms with Gasteiger partial charge in [-0.15, -0.1) is 0 Å². The molecule has 3 aromatic rings. The number of hydrogen-bond donors (Lipinski definition) is 2. The zero-order valence-electron chi connectivity index (χ0n) is 12.4. The van der Waals surface area contributed by atoms with E-state index >= 15 is 0 Å². The highest BCUT2D eigenvalue weighted by atomic mass is 32.2. The molecule has 0 aliphatic carbocycles. The van der Waals surface area contributed by atoms with Crippen molar-refractivity contribution in [3.63, 3.8) is 0 Å². The van der Waals surface area contributed by atoms with Gasteiger partial charge in [0.15, 0.2) is 0 Å². The standard InChI is InChI=1S/C15H12N2O5S2/c1-22-14(18)9-2-4-10(5-3-9)17-24(20,21)11-6-7-12-13(8-11)23-15(19)16-12/h2-8,17H,1H3,(H,16,19). The molecule has 0 amide bonds. The minimum atomic E-state index is -3.81. The van der Waals surface area contributed by atoms with Gasteiger partial charge in [0.05, 0.1) is 27.8 Å². The van der Waals surface area contributed by atoms with Crippen LogP contribution in [0.1, 0.15) is 10.4 Å². The highest BCUT2D eigenvalue weighted by Gasteiger charge is 2.16. The van der Waals surface area contributed by atoms with E-state index in [4.69, 9.17) is 0 Å². The molecule has 1 aromatic heterocycles. The first-order valence-corrected chi connectivity index (χ1v) is 9.03. The van der Waals surface area contributed by atoms with E-state index in [0.717, 1.165) is 11.3 Å². The Morgan fingerprint density at radius 1 is 1.17 bits per heavy atom. The number of thiazole rings is 1. The highest BCUT2D eigenvalue weighted by molar-refractivity contribution is 7.92. The van der Waals surface area contributed by atoms with Crippen molar-refractivity contribution in [1.29, 1.82) is 0 Å². The number of hydrogen-bond acceptors (Lipinski definition) is 6. The molecular weight excluding hydrogens is 352 g/mol. The van der Waals surface area contributed by atoms with Crippen LogP contribution in [0.2, 0.25) is 0 Å². The molecule has 0 saturated heterocycles. The lowest BCUT2D eigenvalue weighted by atomic mass is 10.2. The molecular formula is C15H12N2O5S2. The van der Waals surface area contributed by atoms with Crippen molar-refractivity contribution in [2.75, 3.05) is 11.8 Å². The molecule has 0 radical (unpaired) electrons. The molecule has 7 nitrogen and oxygen atoms in total. The predicted octanol–water partition coefficient (Wildman–Crippen LogP) is 2.18. The Bertz CT molecular complexity index is 1070. The van der Waals surface area contributed by atoms with Crippen molar-refractivity contribution in [2.24, 2.45) is 0 Å². The second-order valence-electron chi connectivity index (χ2n) is 4.85. The SMILES string of the molecule is COC(=O)c1ccc(NS(=O)(=O)c2ccc3[nH]c(=O)sc3c2)cc1. The summed E-state index contributed by atoms with van der Waals surface area (Å²) >= 11 is 0.942. The number of carbonyl (C=O) groups is 1. The van der Waals surface area contributed by atoms with Gasteiger partial charge >= 0.3 is 10.8 Å². The van der Waals surface area contributed by atoms with Gasteiger partial charge in [-0.3, -0.25) is 9.52 Å². The Labute approximate surface area is 141 Å². The molecule has 0 fully saturated rings. The van der Waals surface area contributed by atoms with Crippen molar-refractivity contribution in [3.8, 4) is 0 Å². The zero-order chi connectivity index (χ0) is 17.3. The quantitative estimate of drug-likeness (QED) is 0.690. The van der Waals surface area contributed by atoms with Crippen molar-refractivity contribution in [3.05, 3.63) is 57.7 Å². The molecule has 2 aromatic carbocycles. The fraction of sp³-hybridized carbons (Fsp3) is 0.0667. The van der Waals surface area contributed by atoms with Crippen LogP contribution in [0.4, 0.5) is 5.69 Å². The number of aromatic nitrogens is 1. The fourth-order valence-electron chi connectivity index (χ4n) is 2.10. The van der Waals surface area contributed by atoms with Crippen LogP contribution in [0.3, 0.4) is 0 Å². The first-order valence-electron chi connectivity index (χ1n) is 6.73. The number of nitrogens with one attached hydrogen (secondary N) is 2. The molecule has 3 rings (SSSR count). The van der Waals surface area contributed by atoms with Gasteiger partial charge in [0.1, 0.15) is 0 Å². The second-order valence-corrected chi connectivity index (χ2v) is 7.54. The van der Waals surface area contributed by atoms with E-state index in [0.29, 0.717) is 21.5 Å². The van der Waals surface area contributed by atoms with Gasteiger partial charge in [-0.05, 0) is 42.5 Å². The van der Waals surface area contributed by atoms with Crippen molar-refractivity contribution >= 4 is 43.2 Å². The number of H-pyrrole nitrogens is 1. The third kappa shape index (κ3) is 3.17. The van der Waals surface area contributed by atoms with E-state index in [-0.39, 0.29) is 9.77 Å². The number of carbonyl (C=O) groups excluding carboxylic acids is 1. The Hall–Kier alpha value is -2.65. The number of benzene rings is 2. The minimum Gasteiger partial charge on any atom is -0.465 e. The summed E-state index contributed by atoms with van der Waals surface area (Å²) in [6.07, 6.45) is 0. The topological polar surface area (TPSA) is 105 Å². The fourth-order valence-corrected chi connectivity index (χ4v) is 4.03. The first kappa shape index (κ1) is 16.2. The van der Waals surface area contributed by atoms with E-state index < -0.39 is 16.0 Å². The van der Waals surface area contributed by atoms with Gasteiger partial charge in [-0.2, -0.15) is 0 Å². The zero-order valence-corrected chi connectivity index (χ0v) is 14.0. The average Bonchev–Trinajstić information content (AvgIpc) is 2.93. The lowest BCUT2D eigenvalue weighted by molar-refractivity contribution is 0.0601. The first-order chi connectivity index (χ1) is 11.4. The van der Waals surface area contributed by atoms with E-state index in [1.807, 2.05) is 0 Å². The van der Waals surface area contributed by atoms with Gasteiger partial charge < -0.3 is 9.72 Å². The summed E-state index contributed by atoms with van der Waals surface area (Å²) in [5, 5.41) is 0. The third-order valence-electron chi connectivity index (χ3n) is 3.26. The van der Waals surface area contributed by atoms with E-state index in [1.54, 1.807) is 6.07 Å². The molecule has 0 unspecified atom stereocenters. The smallest absolute Gasteiger partial charge is 0.337 e. The van der Waals surface area contributed by atoms with Gasteiger partial charge in [-0.1, -0.05) is 11.3 Å². The second kappa shape index (κ2) is 6.10. The number of aromatic amines is 1. The predicted molar refractivity (Wildman–Crippen MR) is 91.0 cm³/mol. The number of fused-ring (bicyclic) bond motifs is 1. The van der Waals surface area contributed by atoms with E-state index in [9.17, 15) is 18.0 Å². The highest BCUT2D eigenvalue weighted by Crippen LogP contribution is 2.22. The Kier molecular flexibility index (Phi) is 4.12. The van der Waals surface area contributed by atoms with Gasteiger partial charge in [0.25, 0.3) is 10.0 Å². The van der Waals surface area contributed by atoms with Crippen LogP contribution in [0.15, 0.2) is 52.2 Å². The molecule has 124 valence electrons. The molecule has 2 N–H and O–H groups in total. The van der Waals surface area contributed by atoms with Crippen LogP contribution in [0, 0.1) is 0 Å². The molecule has 0 saturated carbocycles. The summed E-state index contributed by atoms with van der Waals surface area (Å²) in [6, 6.07) is 10.3. The summed E-state index contributed by atoms with van der Waals surface area (Å²) < 4.78 is 32.5. The molecule has 0 atom stereocenters. The maximum absolute atomic E-state index is 12.4. The van der Waals surface area contributed by atoms with Gasteiger partial charge in [-0.25, -0.2) is 13.2 Å². The van der Waals surface area contributed by atoms with Crippen LogP contribution in [-0.2, 0) is 14.8 Å². The van der Waals surface area contributed by atoms with Crippen molar-refractivity contribution < 1.29 is 17.9 Å². The summed E-state index contributed by atoms with van der Waals surface area (Å²) in [5.74, 6) is -0.503. The number of rotatable bonds is 4. The molecule has 24 heavy (non-hydrogen) atoms. The number of methoxy groups -OCH3 is 1. The van der Waals surface area contributed by atoms with Crippen molar-refractivity contribution in [1.82, 2.24) is 4.98 Å². The average molecular weight is 364 g/mol. The van der Waals surface area contributed by atoms with Gasteiger partial charge in [0.2, 0.25) is 0 Å². The summed E-state index contributed by atoms with van der Waals surface area (Å²) in [6.45, 7) is 0. The summed E-state index contributed by atoms with van der Waals surface area (Å²) in [5.41, 5.74) is 1.22. The number of ether oxygens (including phenoxy) is 1. The van der Waals surface area contributed by atoms with Crippen LogP contribution in [0.5, 0.6) is 0 Å². The maximum Gasteiger partial charge on any atom is 0.337 e. The summed E-state index contributed by atoms with van der Waals surface area (Å²) in [4.78, 5) is 25.1. The van der Waals surface area contributed by atoms with E-state index in [2.05, 4.69) is 14.4 Å². The largest absolute Gasteiger partial charge is 0.465 e. The number of esters is 1. The number of anilines is 1. The third-order valence-corrected chi connectivity index (χ3v) is 5.49. The molecule has 0 spiro atoms. The van der Waals surface area contributed by atoms with E-state index in [1.165, 1.54) is 43.5 Å². The Morgan fingerprint density at radius 3 is 2.54 bits per heavy atom. The molecule has 9 heteroatoms. The Morgan fingerprint density at radius 2 is 1.88 bits per heavy atom. The molecule has 0 aliphatic heterocycles. The molecule has 1 heterocycles. The van der Waals surface area contributed by atoms with Crippen LogP contribution in [0.25, 0.3) is 10.2 Å². The van der Waals surface area contributed by atoms with Crippen LogP contribution >= 0.6 is 11.3 Å². The maximum atomic E-state index is 12.4. The number of sulfonamides is 1. The lowest BCUT2D eigenvalue weighted by Gasteiger charge is -2.08.